The zero-order valence-electron chi connectivity index (χ0n) is 7.92. The maximum absolute atomic E-state index is 4.23. The summed E-state index contributed by atoms with van der Waals surface area (Å²) in [7, 11) is 3.68. The van der Waals surface area contributed by atoms with Crippen molar-refractivity contribution in [2.45, 2.75) is 13.8 Å². The van der Waals surface area contributed by atoms with Crippen LogP contribution in [0.15, 0.2) is 5.57 Å². The lowest BCUT2D eigenvalue weighted by Crippen LogP contribution is -1.94. The van der Waals surface area contributed by atoms with Gasteiger partial charge in [-0.1, -0.05) is 5.57 Å². The largest absolute Gasteiger partial charge is 0.356 e. The van der Waals surface area contributed by atoms with E-state index in [9.17, 15) is 0 Å². The molecule has 0 aliphatic carbocycles. The molecule has 0 fully saturated rings. The van der Waals surface area contributed by atoms with E-state index < -0.39 is 0 Å². The van der Waals surface area contributed by atoms with Crippen molar-refractivity contribution in [1.82, 2.24) is 14.8 Å². The van der Waals surface area contributed by atoms with E-state index in [2.05, 4.69) is 15.4 Å². The molecular weight excluding hydrogens is 152 g/mol. The Hall–Kier alpha value is -1.32. The monoisotopic (exact) mass is 166 g/mol. The third kappa shape index (κ3) is 1.84. The molecule has 1 rings (SSSR count). The Morgan fingerprint density at radius 1 is 1.50 bits per heavy atom. The van der Waals surface area contributed by atoms with Gasteiger partial charge in [-0.15, -0.1) is 5.10 Å². The summed E-state index contributed by atoms with van der Waals surface area (Å²) in [6, 6.07) is 0. The molecule has 1 aromatic heterocycles. The van der Waals surface area contributed by atoms with E-state index in [4.69, 9.17) is 0 Å². The summed E-state index contributed by atoms with van der Waals surface area (Å²) in [5.41, 5.74) is 1.22. The SMILES string of the molecule is CNc1nc(C=C(C)C)n(C)n1. The Morgan fingerprint density at radius 3 is 2.58 bits per heavy atom. The van der Waals surface area contributed by atoms with Gasteiger partial charge < -0.3 is 5.32 Å². The highest BCUT2D eigenvalue weighted by atomic mass is 15.4. The van der Waals surface area contributed by atoms with Crippen molar-refractivity contribution in [2.75, 3.05) is 12.4 Å². The second kappa shape index (κ2) is 3.38. The van der Waals surface area contributed by atoms with Gasteiger partial charge in [0.15, 0.2) is 5.82 Å². The Kier molecular flexibility index (Phi) is 2.47. The Balaban J connectivity index is 3.00. The van der Waals surface area contributed by atoms with Crippen LogP contribution >= 0.6 is 0 Å². The number of hydrogen-bond donors (Lipinski definition) is 1. The fourth-order valence-corrected chi connectivity index (χ4v) is 0.886. The molecule has 0 radical (unpaired) electrons. The number of aromatic nitrogens is 3. The second-order valence-electron chi connectivity index (χ2n) is 2.89. The van der Waals surface area contributed by atoms with E-state index in [0.717, 1.165) is 5.82 Å². The van der Waals surface area contributed by atoms with Crippen molar-refractivity contribution in [3.05, 3.63) is 11.4 Å². The van der Waals surface area contributed by atoms with Crippen LogP contribution in [-0.4, -0.2) is 21.8 Å². The molecule has 0 aromatic carbocycles. The smallest absolute Gasteiger partial charge is 0.242 e. The first-order valence-electron chi connectivity index (χ1n) is 3.87. The molecule has 0 saturated carbocycles. The topological polar surface area (TPSA) is 42.7 Å². The number of aryl methyl sites for hydroxylation is 1. The van der Waals surface area contributed by atoms with Crippen LogP contribution in [-0.2, 0) is 7.05 Å². The van der Waals surface area contributed by atoms with Crippen LogP contribution in [0.25, 0.3) is 6.08 Å². The lowest BCUT2D eigenvalue weighted by Gasteiger charge is -1.91. The van der Waals surface area contributed by atoms with Crippen LogP contribution in [0, 0.1) is 0 Å². The van der Waals surface area contributed by atoms with Crippen LogP contribution in [0.2, 0.25) is 0 Å². The molecule has 1 heterocycles. The third-order valence-corrected chi connectivity index (χ3v) is 1.44. The molecule has 0 atom stereocenters. The maximum atomic E-state index is 4.23. The van der Waals surface area contributed by atoms with Crippen molar-refractivity contribution in [2.24, 2.45) is 7.05 Å². The number of allylic oxidation sites excluding steroid dienone is 1. The van der Waals surface area contributed by atoms with Crippen molar-refractivity contribution < 1.29 is 0 Å². The minimum atomic E-state index is 0.657. The molecule has 66 valence electrons. The summed E-state index contributed by atoms with van der Waals surface area (Å²) in [6.45, 7) is 4.07. The number of anilines is 1. The van der Waals surface area contributed by atoms with Gasteiger partial charge in [0, 0.05) is 14.1 Å². The molecular formula is C8H14N4. The number of nitrogens with one attached hydrogen (secondary N) is 1. The predicted molar refractivity (Wildman–Crippen MR) is 49.9 cm³/mol. The average molecular weight is 166 g/mol. The van der Waals surface area contributed by atoms with Gasteiger partial charge in [-0.3, -0.25) is 0 Å². The molecule has 0 bridgehead atoms. The summed E-state index contributed by atoms with van der Waals surface area (Å²) in [5.74, 6) is 1.53. The molecule has 0 amide bonds. The molecule has 4 nitrogen and oxygen atoms in total. The molecule has 12 heavy (non-hydrogen) atoms. The van der Waals surface area contributed by atoms with Crippen LogP contribution in [0.3, 0.4) is 0 Å². The fourth-order valence-electron chi connectivity index (χ4n) is 0.886. The zero-order valence-corrected chi connectivity index (χ0v) is 7.92. The van der Waals surface area contributed by atoms with Crippen LogP contribution in [0.5, 0.6) is 0 Å². The Bertz CT molecular complexity index is 294. The van der Waals surface area contributed by atoms with Crippen molar-refractivity contribution >= 4 is 12.0 Å². The molecule has 1 aromatic rings. The average Bonchev–Trinajstić information content (AvgIpc) is 2.31. The predicted octanol–water partition coefficient (Wildman–Crippen LogP) is 1.28. The van der Waals surface area contributed by atoms with E-state index in [1.807, 2.05) is 34.0 Å². The van der Waals surface area contributed by atoms with E-state index >= 15 is 0 Å². The van der Waals surface area contributed by atoms with Gasteiger partial charge in [0.1, 0.15) is 0 Å². The summed E-state index contributed by atoms with van der Waals surface area (Å²) >= 11 is 0. The molecule has 0 unspecified atom stereocenters. The third-order valence-electron chi connectivity index (χ3n) is 1.44. The minimum Gasteiger partial charge on any atom is -0.356 e. The second-order valence-corrected chi connectivity index (χ2v) is 2.89. The molecule has 0 aliphatic heterocycles. The Morgan fingerprint density at radius 2 is 2.17 bits per heavy atom. The normalized spacial score (nSPS) is 9.67. The number of hydrogen-bond acceptors (Lipinski definition) is 3. The van der Waals surface area contributed by atoms with Gasteiger partial charge in [-0.2, -0.15) is 4.98 Å². The Labute approximate surface area is 72.3 Å². The molecule has 1 N–H and O–H groups in total. The van der Waals surface area contributed by atoms with Crippen molar-refractivity contribution in [3.63, 3.8) is 0 Å². The summed E-state index contributed by atoms with van der Waals surface area (Å²) in [5, 5.41) is 7.02. The first-order valence-corrected chi connectivity index (χ1v) is 3.87. The van der Waals surface area contributed by atoms with Gasteiger partial charge in [0.25, 0.3) is 0 Å². The zero-order chi connectivity index (χ0) is 9.14. The first-order chi connectivity index (χ1) is 5.63. The maximum Gasteiger partial charge on any atom is 0.242 e. The van der Waals surface area contributed by atoms with Crippen LogP contribution in [0.1, 0.15) is 19.7 Å². The van der Waals surface area contributed by atoms with Crippen LogP contribution in [0.4, 0.5) is 5.95 Å². The lowest BCUT2D eigenvalue weighted by atomic mass is 10.3. The summed E-state index contributed by atoms with van der Waals surface area (Å²) < 4.78 is 1.75. The van der Waals surface area contributed by atoms with Crippen LogP contribution < -0.4 is 5.32 Å². The number of rotatable bonds is 2. The minimum absolute atomic E-state index is 0.657. The van der Waals surface area contributed by atoms with Gasteiger partial charge in [-0.05, 0) is 19.9 Å². The fraction of sp³-hybridized carbons (Fsp3) is 0.500. The van der Waals surface area contributed by atoms with E-state index in [1.54, 1.807) is 4.68 Å². The van der Waals surface area contributed by atoms with E-state index in [-0.39, 0.29) is 0 Å². The molecule has 0 aliphatic rings. The highest BCUT2D eigenvalue weighted by molar-refractivity contribution is 5.45. The lowest BCUT2D eigenvalue weighted by molar-refractivity contribution is 0.758. The van der Waals surface area contributed by atoms with Gasteiger partial charge in [0.05, 0.1) is 0 Å². The highest BCUT2D eigenvalue weighted by Crippen LogP contribution is 2.05. The van der Waals surface area contributed by atoms with E-state index in [0.29, 0.717) is 5.95 Å². The summed E-state index contributed by atoms with van der Waals surface area (Å²) in [4.78, 5) is 4.23. The number of nitrogens with zero attached hydrogens (tertiary/aromatic N) is 3. The van der Waals surface area contributed by atoms with Crippen molar-refractivity contribution in [1.29, 1.82) is 0 Å². The quantitative estimate of drug-likeness (QED) is 0.719. The standard InChI is InChI=1S/C8H14N4/c1-6(2)5-7-10-8(9-3)11-12(7)4/h5H,1-4H3,(H,9,11). The molecule has 0 saturated heterocycles. The molecule has 4 heteroatoms. The van der Waals surface area contributed by atoms with E-state index in [1.165, 1.54) is 5.57 Å². The van der Waals surface area contributed by atoms with Crippen molar-refractivity contribution in [3.8, 4) is 0 Å². The summed E-state index contributed by atoms with van der Waals surface area (Å²) in [6.07, 6.45) is 1.99. The van der Waals surface area contributed by atoms with Gasteiger partial charge in [0.2, 0.25) is 5.95 Å². The van der Waals surface area contributed by atoms with Gasteiger partial charge >= 0.3 is 0 Å². The van der Waals surface area contributed by atoms with Gasteiger partial charge in [-0.25, -0.2) is 4.68 Å². The molecule has 0 spiro atoms. The first kappa shape index (κ1) is 8.77. The highest BCUT2D eigenvalue weighted by Gasteiger charge is 2.01.